The van der Waals surface area contributed by atoms with Gasteiger partial charge in [-0.15, -0.1) is 0 Å². The van der Waals surface area contributed by atoms with E-state index < -0.39 is 11.9 Å². The van der Waals surface area contributed by atoms with Gasteiger partial charge in [0.2, 0.25) is 0 Å². The zero-order chi connectivity index (χ0) is 20.1. The topological polar surface area (TPSA) is 74.6 Å². The molecule has 2 radical (unpaired) electrons. The van der Waals surface area contributed by atoms with Gasteiger partial charge in [0, 0.05) is 0 Å². The van der Waals surface area contributed by atoms with Crippen LogP contribution in [0.2, 0.25) is 8.87 Å². The molecule has 0 aliphatic rings. The molecule has 0 spiro atoms. The van der Waals surface area contributed by atoms with Crippen LogP contribution in [-0.4, -0.2) is 43.3 Å². The third-order valence-corrected chi connectivity index (χ3v) is 8.06. The Morgan fingerprint density at radius 3 is 1.44 bits per heavy atom. The summed E-state index contributed by atoms with van der Waals surface area (Å²) in [6.07, 6.45) is 5.84. The summed E-state index contributed by atoms with van der Waals surface area (Å²) in [7, 11) is 0. The van der Waals surface area contributed by atoms with Crippen molar-refractivity contribution in [2.24, 2.45) is 0 Å². The molecule has 0 saturated carbocycles. The standard InChI is InChI=1S/C14H10O4.2C4H9.Sn/c15-13(16)11-7-3-1-5-9(11)10-6-2-4-8-12(10)14(17)18;2*1-3-4-2;/h1-8H,(H,15,16)(H,17,18);2*1,3-4H2,2H3;. The zero-order valence-corrected chi connectivity index (χ0v) is 18.9. The summed E-state index contributed by atoms with van der Waals surface area (Å²) in [6, 6.07) is 12.7. The van der Waals surface area contributed by atoms with Crippen molar-refractivity contribution in [3.8, 4) is 11.1 Å². The van der Waals surface area contributed by atoms with Crippen LogP contribution in [0.1, 0.15) is 60.2 Å². The summed E-state index contributed by atoms with van der Waals surface area (Å²) < 4.78 is 3.25. The van der Waals surface area contributed by atoms with Gasteiger partial charge < -0.3 is 10.2 Å². The summed E-state index contributed by atoms with van der Waals surface area (Å²) in [5.74, 6) is -2.16. The van der Waals surface area contributed by atoms with Crippen LogP contribution in [-0.2, 0) is 0 Å². The first-order chi connectivity index (χ1) is 13.0. The van der Waals surface area contributed by atoms with E-state index in [1.807, 2.05) is 0 Å². The maximum atomic E-state index is 11.1. The first kappa shape index (κ1) is 23.2. The molecule has 0 fully saturated rings. The molecule has 2 rings (SSSR count). The number of hydrogen-bond acceptors (Lipinski definition) is 2. The van der Waals surface area contributed by atoms with Crippen molar-refractivity contribution in [1.82, 2.24) is 0 Å². The number of aromatic carboxylic acids is 2. The zero-order valence-electron chi connectivity index (χ0n) is 16.1. The Balaban J connectivity index is 0.000000345. The molecule has 0 aliphatic carbocycles. The average molecular weight is 475 g/mol. The normalized spacial score (nSPS) is 10.0. The molecule has 0 aromatic heterocycles. The van der Waals surface area contributed by atoms with Gasteiger partial charge in [0.25, 0.3) is 0 Å². The van der Waals surface area contributed by atoms with Gasteiger partial charge in [0.05, 0.1) is 11.1 Å². The maximum absolute atomic E-state index is 11.1. The van der Waals surface area contributed by atoms with Crippen LogP contribution in [0.4, 0.5) is 0 Å². The summed E-state index contributed by atoms with van der Waals surface area (Å²) in [6.45, 7) is 4.58. The van der Waals surface area contributed by atoms with E-state index in [1.165, 1.54) is 37.8 Å². The fraction of sp³-hybridized carbons (Fsp3) is 0.364. The molecule has 0 amide bonds. The van der Waals surface area contributed by atoms with E-state index in [0.717, 1.165) is 0 Å². The molecule has 0 heterocycles. The van der Waals surface area contributed by atoms with E-state index in [2.05, 4.69) is 13.8 Å². The van der Waals surface area contributed by atoms with Gasteiger partial charge >= 0.3 is 81.5 Å². The van der Waals surface area contributed by atoms with Crippen molar-refractivity contribution in [1.29, 1.82) is 0 Å². The molecule has 0 bridgehead atoms. The Morgan fingerprint density at radius 2 is 1.11 bits per heavy atom. The van der Waals surface area contributed by atoms with Crippen molar-refractivity contribution >= 4 is 33.1 Å². The van der Waals surface area contributed by atoms with Crippen molar-refractivity contribution in [3.05, 3.63) is 59.7 Å². The molecule has 2 aromatic rings. The molecule has 0 saturated heterocycles. The SMILES string of the molecule is CCC[CH2][Sn][CH2]CCC.O=C(O)c1ccccc1-c1ccccc1C(=O)O. The Bertz CT molecular complexity index is 666. The number of unbranched alkanes of at least 4 members (excludes halogenated alkanes) is 2. The van der Waals surface area contributed by atoms with Crippen molar-refractivity contribution in [2.75, 3.05) is 0 Å². The van der Waals surface area contributed by atoms with E-state index in [4.69, 9.17) is 10.2 Å². The van der Waals surface area contributed by atoms with Crippen LogP contribution in [0.25, 0.3) is 11.1 Å². The van der Waals surface area contributed by atoms with Gasteiger partial charge in [-0.25, -0.2) is 9.59 Å². The van der Waals surface area contributed by atoms with E-state index in [-0.39, 0.29) is 32.3 Å². The van der Waals surface area contributed by atoms with Gasteiger partial charge in [-0.2, -0.15) is 0 Å². The molecule has 2 aromatic carbocycles. The Hall–Kier alpha value is -1.82. The molecule has 144 valence electrons. The van der Waals surface area contributed by atoms with Gasteiger partial charge in [-0.3, -0.25) is 0 Å². The van der Waals surface area contributed by atoms with Crippen LogP contribution in [0.3, 0.4) is 0 Å². The maximum Gasteiger partial charge on any atom is 0.336 e. The monoisotopic (exact) mass is 476 g/mol. The second-order valence-corrected chi connectivity index (χ2v) is 10.4. The van der Waals surface area contributed by atoms with Crippen LogP contribution >= 0.6 is 0 Å². The molecule has 5 heteroatoms. The summed E-state index contributed by atoms with van der Waals surface area (Å²) in [5.41, 5.74) is 0.989. The Morgan fingerprint density at radius 1 is 0.741 bits per heavy atom. The van der Waals surface area contributed by atoms with Crippen LogP contribution in [0, 0.1) is 0 Å². The second kappa shape index (κ2) is 13.4. The van der Waals surface area contributed by atoms with Gasteiger partial charge in [0.15, 0.2) is 0 Å². The third-order valence-electron chi connectivity index (χ3n) is 4.02. The van der Waals surface area contributed by atoms with Gasteiger partial charge in [-0.05, 0) is 23.3 Å². The Kier molecular flexibility index (Phi) is 11.5. The van der Waals surface area contributed by atoms with Crippen LogP contribution < -0.4 is 0 Å². The average Bonchev–Trinajstić information content (AvgIpc) is 2.68. The first-order valence-electron chi connectivity index (χ1n) is 9.38. The molecule has 27 heavy (non-hydrogen) atoms. The minimum atomic E-state index is -1.08. The minimum Gasteiger partial charge on any atom is -0.478 e. The van der Waals surface area contributed by atoms with Crippen molar-refractivity contribution < 1.29 is 19.8 Å². The van der Waals surface area contributed by atoms with Crippen molar-refractivity contribution in [3.63, 3.8) is 0 Å². The summed E-state index contributed by atoms with van der Waals surface area (Å²) >= 11 is 0.149. The predicted molar refractivity (Wildman–Crippen MR) is 111 cm³/mol. The van der Waals surface area contributed by atoms with E-state index in [9.17, 15) is 9.59 Å². The Labute approximate surface area is 171 Å². The van der Waals surface area contributed by atoms with Gasteiger partial charge in [0.1, 0.15) is 0 Å². The quantitative estimate of drug-likeness (QED) is 0.351. The summed E-state index contributed by atoms with van der Waals surface area (Å²) in [5, 5.41) is 18.2. The molecule has 0 aliphatic heterocycles. The minimum absolute atomic E-state index is 0.0891. The molecule has 0 atom stereocenters. The molecule has 4 nitrogen and oxygen atoms in total. The molecular weight excluding hydrogens is 447 g/mol. The number of carbonyl (C=O) groups is 2. The third kappa shape index (κ3) is 8.16. The van der Waals surface area contributed by atoms with Crippen LogP contribution in [0.5, 0.6) is 0 Å². The number of carboxylic acid groups (broad SMARTS) is 2. The number of carboxylic acids is 2. The van der Waals surface area contributed by atoms with Gasteiger partial charge in [-0.1, -0.05) is 36.4 Å². The molecule has 0 unspecified atom stereocenters. The summed E-state index contributed by atoms with van der Waals surface area (Å²) in [4.78, 5) is 22.3. The molecular formula is C22H28O4Sn. The molecule has 2 N–H and O–H groups in total. The fourth-order valence-electron chi connectivity index (χ4n) is 2.54. The second-order valence-electron chi connectivity index (χ2n) is 6.16. The predicted octanol–water partition coefficient (Wildman–Crippen LogP) is 5.88. The fourth-order valence-corrected chi connectivity index (χ4v) is 6.70. The van der Waals surface area contributed by atoms with Crippen LogP contribution in [0.15, 0.2) is 48.5 Å². The van der Waals surface area contributed by atoms with E-state index >= 15 is 0 Å². The largest absolute Gasteiger partial charge is 0.478 e. The number of rotatable bonds is 9. The first-order valence-corrected chi connectivity index (χ1v) is 13.4. The van der Waals surface area contributed by atoms with Crippen molar-refractivity contribution in [2.45, 2.75) is 48.4 Å². The van der Waals surface area contributed by atoms with E-state index in [1.54, 1.807) is 45.3 Å². The number of hydrogen-bond donors (Lipinski definition) is 2. The van der Waals surface area contributed by atoms with E-state index in [0.29, 0.717) is 11.1 Å². The number of benzene rings is 2. The smallest absolute Gasteiger partial charge is 0.336 e.